The summed E-state index contributed by atoms with van der Waals surface area (Å²) in [7, 11) is 1.67. The van der Waals surface area contributed by atoms with Crippen molar-refractivity contribution in [2.45, 2.75) is 18.4 Å². The molecule has 1 aromatic carbocycles. The zero-order valence-corrected chi connectivity index (χ0v) is 12.0. The second-order valence-corrected chi connectivity index (χ2v) is 5.11. The Morgan fingerprint density at radius 1 is 1.35 bits per heavy atom. The van der Waals surface area contributed by atoms with Crippen LogP contribution in [-0.4, -0.2) is 44.1 Å². The summed E-state index contributed by atoms with van der Waals surface area (Å²) in [6, 6.07) is 7.90. The smallest absolute Gasteiger partial charge is 0.126 e. The highest BCUT2D eigenvalue weighted by atomic mass is 16.5. The number of hydrogen-bond acceptors (Lipinski definition) is 4. The standard InChI is InChI=1S/C16H23NO3/c1-19-15-7-3-2-5-14(15)6-4-10-17-13-16(18)8-11-20-12-9-16/h2-7,17-18H,8-13H2,1H3. The van der Waals surface area contributed by atoms with Gasteiger partial charge in [-0.1, -0.05) is 30.4 Å². The third kappa shape index (κ3) is 4.34. The first-order valence-electron chi connectivity index (χ1n) is 7.04. The van der Waals surface area contributed by atoms with E-state index in [1.165, 1.54) is 0 Å². The summed E-state index contributed by atoms with van der Waals surface area (Å²) in [4.78, 5) is 0. The van der Waals surface area contributed by atoms with Crippen LogP contribution in [0.5, 0.6) is 5.75 Å². The average molecular weight is 277 g/mol. The molecule has 1 aliphatic heterocycles. The van der Waals surface area contributed by atoms with Gasteiger partial charge >= 0.3 is 0 Å². The van der Waals surface area contributed by atoms with Crippen LogP contribution >= 0.6 is 0 Å². The van der Waals surface area contributed by atoms with Crippen LogP contribution in [-0.2, 0) is 4.74 Å². The summed E-state index contributed by atoms with van der Waals surface area (Å²) >= 11 is 0. The molecule has 0 atom stereocenters. The van der Waals surface area contributed by atoms with E-state index in [9.17, 15) is 5.11 Å². The number of methoxy groups -OCH3 is 1. The summed E-state index contributed by atoms with van der Waals surface area (Å²) in [5.41, 5.74) is 0.442. The molecule has 1 saturated heterocycles. The lowest BCUT2D eigenvalue weighted by atomic mass is 9.94. The van der Waals surface area contributed by atoms with Crippen LogP contribution < -0.4 is 10.1 Å². The molecule has 0 spiro atoms. The Hall–Kier alpha value is -1.36. The zero-order chi connectivity index (χ0) is 14.3. The van der Waals surface area contributed by atoms with Crippen LogP contribution in [0.4, 0.5) is 0 Å². The van der Waals surface area contributed by atoms with Gasteiger partial charge in [0.15, 0.2) is 0 Å². The molecule has 2 N–H and O–H groups in total. The molecular weight excluding hydrogens is 254 g/mol. The molecule has 2 rings (SSSR count). The third-order valence-electron chi connectivity index (χ3n) is 3.58. The number of aliphatic hydroxyl groups is 1. The van der Waals surface area contributed by atoms with Crippen molar-refractivity contribution < 1.29 is 14.6 Å². The summed E-state index contributed by atoms with van der Waals surface area (Å²) in [5.74, 6) is 0.867. The van der Waals surface area contributed by atoms with E-state index in [-0.39, 0.29) is 0 Å². The molecule has 1 aliphatic rings. The molecule has 0 aromatic heterocycles. The van der Waals surface area contributed by atoms with Gasteiger partial charge in [-0.3, -0.25) is 0 Å². The van der Waals surface area contributed by atoms with Crippen molar-refractivity contribution in [2.75, 3.05) is 33.4 Å². The zero-order valence-electron chi connectivity index (χ0n) is 12.0. The molecule has 4 heteroatoms. The molecule has 110 valence electrons. The van der Waals surface area contributed by atoms with E-state index in [0.29, 0.717) is 32.6 Å². The van der Waals surface area contributed by atoms with E-state index >= 15 is 0 Å². The number of benzene rings is 1. The third-order valence-corrected chi connectivity index (χ3v) is 3.58. The van der Waals surface area contributed by atoms with Gasteiger partial charge in [0.25, 0.3) is 0 Å². The summed E-state index contributed by atoms with van der Waals surface area (Å²) in [5, 5.41) is 13.6. The SMILES string of the molecule is COc1ccccc1C=CCNCC1(O)CCOCC1. The molecular formula is C16H23NO3. The largest absolute Gasteiger partial charge is 0.496 e. The highest BCUT2D eigenvalue weighted by molar-refractivity contribution is 5.57. The Labute approximate surface area is 120 Å². The predicted octanol–water partition coefficient (Wildman–Crippen LogP) is 1.84. The summed E-state index contributed by atoms with van der Waals surface area (Å²) in [6.45, 7) is 2.62. The van der Waals surface area contributed by atoms with Crippen LogP contribution in [0, 0.1) is 0 Å². The fraction of sp³-hybridized carbons (Fsp3) is 0.500. The maximum absolute atomic E-state index is 10.3. The minimum Gasteiger partial charge on any atom is -0.496 e. The molecule has 0 unspecified atom stereocenters. The molecule has 0 radical (unpaired) electrons. The lowest BCUT2D eigenvalue weighted by molar-refractivity contribution is -0.0610. The van der Waals surface area contributed by atoms with Gasteiger partial charge in [0.05, 0.1) is 12.7 Å². The van der Waals surface area contributed by atoms with Gasteiger partial charge in [0.2, 0.25) is 0 Å². The van der Waals surface area contributed by atoms with Gasteiger partial charge in [0.1, 0.15) is 5.75 Å². The second kappa shape index (κ2) is 7.43. The molecule has 0 saturated carbocycles. The van der Waals surface area contributed by atoms with Gasteiger partial charge in [0, 0.05) is 44.7 Å². The number of hydrogen-bond donors (Lipinski definition) is 2. The van der Waals surface area contributed by atoms with Crippen molar-refractivity contribution in [3.63, 3.8) is 0 Å². The average Bonchev–Trinajstić information content (AvgIpc) is 2.48. The Morgan fingerprint density at radius 2 is 2.10 bits per heavy atom. The molecule has 4 nitrogen and oxygen atoms in total. The van der Waals surface area contributed by atoms with Crippen LogP contribution in [0.1, 0.15) is 18.4 Å². The minimum absolute atomic E-state index is 0.604. The topological polar surface area (TPSA) is 50.7 Å². The first-order valence-corrected chi connectivity index (χ1v) is 7.04. The molecule has 1 aromatic rings. The van der Waals surface area contributed by atoms with Gasteiger partial charge < -0.3 is 19.9 Å². The van der Waals surface area contributed by atoms with Crippen molar-refractivity contribution in [2.24, 2.45) is 0 Å². The van der Waals surface area contributed by atoms with Crippen LogP contribution in [0.15, 0.2) is 30.3 Å². The van der Waals surface area contributed by atoms with Crippen LogP contribution in [0.3, 0.4) is 0 Å². The van der Waals surface area contributed by atoms with Crippen molar-refractivity contribution in [3.05, 3.63) is 35.9 Å². The summed E-state index contributed by atoms with van der Waals surface area (Å²) < 4.78 is 10.5. The van der Waals surface area contributed by atoms with E-state index in [1.807, 2.05) is 36.4 Å². The maximum Gasteiger partial charge on any atom is 0.126 e. The van der Waals surface area contributed by atoms with Crippen molar-refractivity contribution in [3.8, 4) is 5.75 Å². The van der Waals surface area contributed by atoms with E-state index in [1.54, 1.807) is 7.11 Å². The lowest BCUT2D eigenvalue weighted by Gasteiger charge is -2.32. The van der Waals surface area contributed by atoms with Gasteiger partial charge in [-0.15, -0.1) is 0 Å². The monoisotopic (exact) mass is 277 g/mol. The van der Waals surface area contributed by atoms with Crippen LogP contribution in [0.2, 0.25) is 0 Å². The summed E-state index contributed by atoms with van der Waals surface area (Å²) in [6.07, 6.45) is 5.48. The fourth-order valence-corrected chi connectivity index (χ4v) is 2.31. The first kappa shape index (κ1) is 15.0. The highest BCUT2D eigenvalue weighted by Crippen LogP contribution is 2.20. The van der Waals surface area contributed by atoms with E-state index in [4.69, 9.17) is 9.47 Å². The number of nitrogens with one attached hydrogen (secondary N) is 1. The second-order valence-electron chi connectivity index (χ2n) is 5.11. The molecule has 0 aliphatic carbocycles. The van der Waals surface area contributed by atoms with Crippen LogP contribution in [0.25, 0.3) is 6.08 Å². The molecule has 1 fully saturated rings. The number of ether oxygens (including phenoxy) is 2. The lowest BCUT2D eigenvalue weighted by Crippen LogP contribution is -2.45. The quantitative estimate of drug-likeness (QED) is 0.779. The molecule has 20 heavy (non-hydrogen) atoms. The van der Waals surface area contributed by atoms with Crippen molar-refractivity contribution >= 4 is 6.08 Å². The molecule has 0 bridgehead atoms. The maximum atomic E-state index is 10.3. The van der Waals surface area contributed by atoms with Gasteiger partial charge in [-0.05, 0) is 6.07 Å². The van der Waals surface area contributed by atoms with E-state index < -0.39 is 5.60 Å². The Bertz CT molecular complexity index is 439. The Kier molecular flexibility index (Phi) is 5.59. The number of para-hydroxylation sites is 1. The van der Waals surface area contributed by atoms with Crippen molar-refractivity contribution in [1.29, 1.82) is 0 Å². The fourth-order valence-electron chi connectivity index (χ4n) is 2.31. The molecule has 0 amide bonds. The Morgan fingerprint density at radius 3 is 2.85 bits per heavy atom. The van der Waals surface area contributed by atoms with Gasteiger partial charge in [-0.25, -0.2) is 0 Å². The van der Waals surface area contributed by atoms with E-state index in [0.717, 1.165) is 17.9 Å². The highest BCUT2D eigenvalue weighted by Gasteiger charge is 2.28. The first-order chi connectivity index (χ1) is 9.73. The Balaban J connectivity index is 1.76. The minimum atomic E-state index is -0.615. The predicted molar refractivity (Wildman–Crippen MR) is 79.9 cm³/mol. The van der Waals surface area contributed by atoms with E-state index in [2.05, 4.69) is 5.32 Å². The normalized spacial score (nSPS) is 18.3. The van der Waals surface area contributed by atoms with Gasteiger partial charge in [-0.2, -0.15) is 0 Å². The molecule has 1 heterocycles. The van der Waals surface area contributed by atoms with Crippen molar-refractivity contribution in [1.82, 2.24) is 5.32 Å². The number of rotatable bonds is 6.